The van der Waals surface area contributed by atoms with Crippen molar-refractivity contribution in [2.75, 3.05) is 13.1 Å². The van der Waals surface area contributed by atoms with Crippen molar-refractivity contribution >= 4 is 11.9 Å². The molecule has 0 radical (unpaired) electrons. The van der Waals surface area contributed by atoms with E-state index in [0.29, 0.717) is 18.7 Å². The standard InChI is InChI=1S/C14H17NO4/c16-12-5-1-4-11(8-12)14(19)15-6-2-3-10(9-15)7-13(17)18/h1,4-5,8,10,16H,2-3,6-7,9H2,(H,17,18). The van der Waals surface area contributed by atoms with Crippen LogP contribution >= 0.6 is 0 Å². The fourth-order valence-electron chi connectivity index (χ4n) is 2.48. The molecule has 0 aliphatic carbocycles. The number of phenolic OH excluding ortho intramolecular Hbond substituents is 1. The van der Waals surface area contributed by atoms with Crippen molar-refractivity contribution in [1.29, 1.82) is 0 Å². The van der Waals surface area contributed by atoms with E-state index in [9.17, 15) is 14.7 Å². The maximum absolute atomic E-state index is 12.3. The number of rotatable bonds is 3. The average molecular weight is 263 g/mol. The Bertz CT molecular complexity index is 486. The smallest absolute Gasteiger partial charge is 0.303 e. The predicted octanol–water partition coefficient (Wildman–Crippen LogP) is 1.72. The molecule has 102 valence electrons. The van der Waals surface area contributed by atoms with Crippen molar-refractivity contribution in [2.45, 2.75) is 19.3 Å². The number of carbonyl (C=O) groups is 2. The number of amides is 1. The number of likely N-dealkylation sites (tertiary alicyclic amines) is 1. The van der Waals surface area contributed by atoms with E-state index in [-0.39, 0.29) is 24.0 Å². The zero-order valence-electron chi connectivity index (χ0n) is 10.6. The van der Waals surface area contributed by atoms with Crippen LogP contribution in [-0.4, -0.2) is 40.1 Å². The minimum Gasteiger partial charge on any atom is -0.508 e. The number of piperidine rings is 1. The highest BCUT2D eigenvalue weighted by atomic mass is 16.4. The lowest BCUT2D eigenvalue weighted by molar-refractivity contribution is -0.138. The number of aromatic hydroxyl groups is 1. The summed E-state index contributed by atoms with van der Waals surface area (Å²) in [5.74, 6) is -0.889. The van der Waals surface area contributed by atoms with Gasteiger partial charge in [0.25, 0.3) is 5.91 Å². The number of aliphatic carboxylic acids is 1. The van der Waals surface area contributed by atoms with Crippen LogP contribution in [0.4, 0.5) is 0 Å². The summed E-state index contributed by atoms with van der Waals surface area (Å²) in [5, 5.41) is 18.2. The monoisotopic (exact) mass is 263 g/mol. The van der Waals surface area contributed by atoms with Gasteiger partial charge in [0.05, 0.1) is 0 Å². The van der Waals surface area contributed by atoms with Crippen LogP contribution in [0.2, 0.25) is 0 Å². The van der Waals surface area contributed by atoms with Gasteiger partial charge in [-0.2, -0.15) is 0 Å². The lowest BCUT2D eigenvalue weighted by atomic mass is 9.94. The van der Waals surface area contributed by atoms with Crippen molar-refractivity contribution in [3.05, 3.63) is 29.8 Å². The third-order valence-corrected chi connectivity index (χ3v) is 3.36. The Labute approximate surface area is 111 Å². The normalized spacial score (nSPS) is 19.2. The molecule has 1 aliphatic heterocycles. The van der Waals surface area contributed by atoms with Gasteiger partial charge in [-0.1, -0.05) is 6.07 Å². The molecule has 0 saturated carbocycles. The molecule has 19 heavy (non-hydrogen) atoms. The third kappa shape index (κ3) is 3.47. The molecule has 1 aromatic rings. The van der Waals surface area contributed by atoms with E-state index in [4.69, 9.17) is 5.11 Å². The first-order valence-corrected chi connectivity index (χ1v) is 6.36. The molecule has 0 spiro atoms. The molecule has 0 aromatic heterocycles. The Morgan fingerprint density at radius 1 is 1.37 bits per heavy atom. The molecular weight excluding hydrogens is 246 g/mol. The zero-order chi connectivity index (χ0) is 13.8. The Kier molecular flexibility index (Phi) is 4.04. The van der Waals surface area contributed by atoms with Crippen LogP contribution in [0.1, 0.15) is 29.6 Å². The van der Waals surface area contributed by atoms with Crippen LogP contribution in [0.25, 0.3) is 0 Å². The quantitative estimate of drug-likeness (QED) is 0.870. The van der Waals surface area contributed by atoms with Gasteiger partial charge in [-0.15, -0.1) is 0 Å². The number of carbonyl (C=O) groups excluding carboxylic acids is 1. The van der Waals surface area contributed by atoms with Crippen molar-refractivity contribution in [3.63, 3.8) is 0 Å². The first-order chi connectivity index (χ1) is 9.06. The number of carboxylic acid groups (broad SMARTS) is 1. The van der Waals surface area contributed by atoms with Crippen LogP contribution in [0.3, 0.4) is 0 Å². The number of hydrogen-bond donors (Lipinski definition) is 2. The average Bonchev–Trinajstić information content (AvgIpc) is 2.37. The van der Waals surface area contributed by atoms with Gasteiger partial charge in [0.1, 0.15) is 5.75 Å². The van der Waals surface area contributed by atoms with Crippen LogP contribution in [0, 0.1) is 5.92 Å². The van der Waals surface area contributed by atoms with Crippen molar-refractivity contribution < 1.29 is 19.8 Å². The molecule has 2 N–H and O–H groups in total. The van der Waals surface area contributed by atoms with Gasteiger partial charge < -0.3 is 15.1 Å². The number of phenols is 1. The predicted molar refractivity (Wildman–Crippen MR) is 69.0 cm³/mol. The molecule has 1 heterocycles. The number of benzene rings is 1. The maximum atomic E-state index is 12.3. The zero-order valence-corrected chi connectivity index (χ0v) is 10.6. The molecule has 2 rings (SSSR count). The van der Waals surface area contributed by atoms with E-state index in [0.717, 1.165) is 12.8 Å². The molecule has 5 heteroatoms. The molecule has 1 aromatic carbocycles. The molecule has 0 bridgehead atoms. The molecule has 1 fully saturated rings. The van der Waals surface area contributed by atoms with E-state index in [2.05, 4.69) is 0 Å². The van der Waals surface area contributed by atoms with Crippen molar-refractivity contribution in [2.24, 2.45) is 5.92 Å². The third-order valence-electron chi connectivity index (χ3n) is 3.36. The molecule has 1 amide bonds. The molecule has 1 aliphatic rings. The Balaban J connectivity index is 2.04. The summed E-state index contributed by atoms with van der Waals surface area (Å²) in [5.41, 5.74) is 0.441. The summed E-state index contributed by atoms with van der Waals surface area (Å²) in [7, 11) is 0. The minimum absolute atomic E-state index is 0.0208. The molecular formula is C14H17NO4. The highest BCUT2D eigenvalue weighted by molar-refractivity contribution is 5.94. The number of nitrogens with zero attached hydrogens (tertiary/aromatic N) is 1. The molecule has 1 atom stereocenters. The molecule has 1 saturated heterocycles. The van der Waals surface area contributed by atoms with E-state index in [1.807, 2.05) is 0 Å². The van der Waals surface area contributed by atoms with Crippen LogP contribution < -0.4 is 0 Å². The first kappa shape index (κ1) is 13.4. The Morgan fingerprint density at radius 2 is 2.16 bits per heavy atom. The summed E-state index contributed by atoms with van der Waals surface area (Å²) in [6, 6.07) is 6.23. The van der Waals surface area contributed by atoms with Gasteiger partial charge in [0.15, 0.2) is 0 Å². The second kappa shape index (κ2) is 5.73. The number of carboxylic acids is 1. The highest BCUT2D eigenvalue weighted by Crippen LogP contribution is 2.22. The van der Waals surface area contributed by atoms with E-state index < -0.39 is 5.97 Å². The van der Waals surface area contributed by atoms with Gasteiger partial charge >= 0.3 is 5.97 Å². The van der Waals surface area contributed by atoms with E-state index >= 15 is 0 Å². The first-order valence-electron chi connectivity index (χ1n) is 6.36. The van der Waals surface area contributed by atoms with Gasteiger partial charge in [-0.3, -0.25) is 9.59 Å². The molecule has 1 unspecified atom stereocenters. The van der Waals surface area contributed by atoms with Crippen molar-refractivity contribution in [3.8, 4) is 5.75 Å². The van der Waals surface area contributed by atoms with Crippen LogP contribution in [0.15, 0.2) is 24.3 Å². The van der Waals surface area contributed by atoms with E-state index in [1.165, 1.54) is 12.1 Å². The fourth-order valence-corrected chi connectivity index (χ4v) is 2.48. The summed E-state index contributed by atoms with van der Waals surface area (Å²) in [6.07, 6.45) is 1.77. The van der Waals surface area contributed by atoms with Gasteiger partial charge in [-0.05, 0) is 37.0 Å². The summed E-state index contributed by atoms with van der Waals surface area (Å²) in [6.45, 7) is 1.12. The Hall–Kier alpha value is -2.04. The van der Waals surface area contributed by atoms with E-state index in [1.54, 1.807) is 17.0 Å². The van der Waals surface area contributed by atoms with Gasteiger partial charge in [-0.25, -0.2) is 0 Å². The SMILES string of the molecule is O=C(O)CC1CCCN(C(=O)c2cccc(O)c2)C1. The van der Waals surface area contributed by atoms with Crippen molar-refractivity contribution in [1.82, 2.24) is 4.90 Å². The van der Waals surface area contributed by atoms with Gasteiger partial charge in [0, 0.05) is 25.1 Å². The summed E-state index contributed by atoms with van der Waals surface area (Å²) < 4.78 is 0. The second-order valence-corrected chi connectivity index (χ2v) is 4.91. The molecule has 5 nitrogen and oxygen atoms in total. The van der Waals surface area contributed by atoms with Crippen LogP contribution in [-0.2, 0) is 4.79 Å². The topological polar surface area (TPSA) is 77.8 Å². The van der Waals surface area contributed by atoms with Gasteiger partial charge in [0.2, 0.25) is 0 Å². The lowest BCUT2D eigenvalue weighted by Gasteiger charge is -2.32. The summed E-state index contributed by atoms with van der Waals surface area (Å²) in [4.78, 5) is 24.6. The minimum atomic E-state index is -0.823. The second-order valence-electron chi connectivity index (χ2n) is 4.91. The lowest BCUT2D eigenvalue weighted by Crippen LogP contribution is -2.40. The highest BCUT2D eigenvalue weighted by Gasteiger charge is 2.25. The largest absolute Gasteiger partial charge is 0.508 e. The Morgan fingerprint density at radius 3 is 2.84 bits per heavy atom. The van der Waals surface area contributed by atoms with Crippen LogP contribution in [0.5, 0.6) is 5.75 Å². The maximum Gasteiger partial charge on any atom is 0.303 e. The summed E-state index contributed by atoms with van der Waals surface area (Å²) >= 11 is 0. The fraction of sp³-hybridized carbons (Fsp3) is 0.429. The number of hydrogen-bond acceptors (Lipinski definition) is 3.